The fourth-order valence-corrected chi connectivity index (χ4v) is 4.28. The molecule has 0 aliphatic carbocycles. The summed E-state index contributed by atoms with van der Waals surface area (Å²) in [5, 5.41) is 17.9. The van der Waals surface area contributed by atoms with Crippen LogP contribution < -0.4 is 0 Å². The number of hydrogen-bond donors (Lipinski definition) is 0. The SMILES string of the molecule is Cc1ccc(C(=CC=C(C#N)C#N)Sc2nc3ccccc3s2)cc1. The van der Waals surface area contributed by atoms with E-state index in [1.165, 1.54) is 5.56 Å². The van der Waals surface area contributed by atoms with E-state index in [2.05, 4.69) is 11.1 Å². The van der Waals surface area contributed by atoms with Gasteiger partial charge in [0.1, 0.15) is 17.7 Å². The number of hydrogen-bond acceptors (Lipinski definition) is 5. The van der Waals surface area contributed by atoms with Gasteiger partial charge in [0, 0.05) is 4.91 Å². The number of thiazole rings is 1. The predicted octanol–water partition coefficient (Wildman–Crippen LogP) is 5.71. The van der Waals surface area contributed by atoms with Gasteiger partial charge in [-0.25, -0.2) is 4.98 Å². The van der Waals surface area contributed by atoms with E-state index < -0.39 is 0 Å². The number of fused-ring (bicyclic) bond motifs is 1. The highest BCUT2D eigenvalue weighted by Gasteiger charge is 2.09. The van der Waals surface area contributed by atoms with Crippen LogP contribution in [0.1, 0.15) is 11.1 Å². The Morgan fingerprint density at radius 3 is 2.44 bits per heavy atom. The lowest BCUT2D eigenvalue weighted by Gasteiger charge is -2.05. The first-order chi connectivity index (χ1) is 12.2. The maximum Gasteiger partial charge on any atom is 0.155 e. The number of nitrogens with zero attached hydrogens (tertiary/aromatic N) is 3. The maximum absolute atomic E-state index is 8.94. The van der Waals surface area contributed by atoms with E-state index in [0.29, 0.717) is 0 Å². The van der Waals surface area contributed by atoms with Gasteiger partial charge < -0.3 is 0 Å². The monoisotopic (exact) mass is 359 g/mol. The van der Waals surface area contributed by atoms with Crippen molar-refractivity contribution in [2.45, 2.75) is 11.3 Å². The zero-order valence-electron chi connectivity index (χ0n) is 13.4. The number of aromatic nitrogens is 1. The third kappa shape index (κ3) is 4.16. The summed E-state index contributed by atoms with van der Waals surface area (Å²) >= 11 is 3.17. The first kappa shape index (κ1) is 17.0. The molecule has 25 heavy (non-hydrogen) atoms. The highest BCUT2D eigenvalue weighted by molar-refractivity contribution is 8.09. The van der Waals surface area contributed by atoms with Crippen LogP contribution in [-0.2, 0) is 0 Å². The standard InChI is InChI=1S/C20H13N3S2/c1-14-6-9-16(10-7-14)18(11-8-15(12-21)13-22)24-20-23-17-4-2-3-5-19(17)25-20/h2-11H,1H3. The van der Waals surface area contributed by atoms with Gasteiger partial charge in [-0.2, -0.15) is 10.5 Å². The Morgan fingerprint density at radius 2 is 1.76 bits per heavy atom. The van der Waals surface area contributed by atoms with Gasteiger partial charge in [0.15, 0.2) is 4.34 Å². The van der Waals surface area contributed by atoms with E-state index in [0.717, 1.165) is 25.0 Å². The van der Waals surface area contributed by atoms with E-state index in [-0.39, 0.29) is 5.57 Å². The largest absolute Gasteiger partial charge is 0.229 e. The summed E-state index contributed by atoms with van der Waals surface area (Å²) in [7, 11) is 0. The number of thioether (sulfide) groups is 1. The first-order valence-corrected chi connectivity index (χ1v) is 9.15. The Labute approximate surface area is 154 Å². The second-order valence-electron chi connectivity index (χ2n) is 5.25. The fraction of sp³-hybridized carbons (Fsp3) is 0.0500. The quantitative estimate of drug-likeness (QED) is 0.340. The zero-order chi connectivity index (χ0) is 17.6. The van der Waals surface area contributed by atoms with Gasteiger partial charge in [-0.1, -0.05) is 53.7 Å². The van der Waals surface area contributed by atoms with Crippen LogP contribution in [0.15, 0.2) is 70.6 Å². The van der Waals surface area contributed by atoms with Crippen LogP contribution in [0.25, 0.3) is 15.1 Å². The minimum Gasteiger partial charge on any atom is -0.229 e. The van der Waals surface area contributed by atoms with Crippen molar-refractivity contribution in [3.63, 3.8) is 0 Å². The molecule has 1 heterocycles. The van der Waals surface area contributed by atoms with Crippen LogP contribution >= 0.6 is 23.1 Å². The van der Waals surface area contributed by atoms with Crippen LogP contribution in [0.2, 0.25) is 0 Å². The molecule has 0 aliphatic rings. The highest BCUT2D eigenvalue weighted by Crippen LogP contribution is 2.38. The molecule has 0 bridgehead atoms. The molecule has 0 saturated carbocycles. The van der Waals surface area contributed by atoms with Crippen molar-refractivity contribution in [2.75, 3.05) is 0 Å². The Bertz CT molecular complexity index is 996. The summed E-state index contributed by atoms with van der Waals surface area (Å²) < 4.78 is 2.07. The van der Waals surface area contributed by atoms with E-state index in [1.54, 1.807) is 29.2 Å². The second-order valence-corrected chi connectivity index (χ2v) is 7.57. The molecule has 0 amide bonds. The second kappa shape index (κ2) is 7.81. The third-order valence-corrected chi connectivity index (χ3v) is 5.64. The Balaban J connectivity index is 2.00. The van der Waals surface area contributed by atoms with Crippen LogP contribution in [0.3, 0.4) is 0 Å². The number of para-hydroxylation sites is 1. The molecule has 3 aromatic rings. The lowest BCUT2D eigenvalue weighted by Crippen LogP contribution is -1.82. The van der Waals surface area contributed by atoms with Crippen molar-refractivity contribution in [1.29, 1.82) is 10.5 Å². The molecule has 2 aromatic carbocycles. The van der Waals surface area contributed by atoms with Gasteiger partial charge in [-0.15, -0.1) is 11.3 Å². The minimum atomic E-state index is 0.0783. The molecule has 0 aliphatic heterocycles. The van der Waals surface area contributed by atoms with Crippen molar-refractivity contribution in [2.24, 2.45) is 0 Å². The molecule has 3 nitrogen and oxygen atoms in total. The fourth-order valence-electron chi connectivity index (χ4n) is 2.15. The molecule has 0 saturated heterocycles. The van der Waals surface area contributed by atoms with Gasteiger partial charge in [-0.3, -0.25) is 0 Å². The van der Waals surface area contributed by atoms with Crippen molar-refractivity contribution in [3.8, 4) is 12.1 Å². The third-order valence-electron chi connectivity index (χ3n) is 3.45. The molecule has 1 aromatic heterocycles. The molecule has 0 unspecified atom stereocenters. The van der Waals surface area contributed by atoms with Gasteiger partial charge in [-0.05, 0) is 36.8 Å². The Morgan fingerprint density at radius 1 is 1.04 bits per heavy atom. The Hall–Kier alpha value is -2.86. The lowest BCUT2D eigenvalue weighted by molar-refractivity contribution is 1.31. The van der Waals surface area contributed by atoms with E-state index >= 15 is 0 Å². The summed E-state index contributed by atoms with van der Waals surface area (Å²) in [6.07, 6.45) is 3.36. The predicted molar refractivity (Wildman–Crippen MR) is 104 cm³/mol. The van der Waals surface area contributed by atoms with Crippen LogP contribution in [-0.4, -0.2) is 4.98 Å². The summed E-state index contributed by atoms with van der Waals surface area (Å²) in [5.74, 6) is 0. The Kier molecular flexibility index (Phi) is 5.30. The van der Waals surface area contributed by atoms with Crippen molar-refractivity contribution in [1.82, 2.24) is 4.98 Å². The topological polar surface area (TPSA) is 60.5 Å². The number of aryl methyl sites for hydroxylation is 1. The number of benzene rings is 2. The molecule has 3 rings (SSSR count). The average Bonchev–Trinajstić information content (AvgIpc) is 3.04. The average molecular weight is 359 g/mol. The summed E-state index contributed by atoms with van der Waals surface area (Å²) in [6, 6.07) is 19.9. The molecule has 0 fully saturated rings. The van der Waals surface area contributed by atoms with Crippen molar-refractivity contribution < 1.29 is 0 Å². The van der Waals surface area contributed by atoms with E-state index in [9.17, 15) is 0 Å². The first-order valence-electron chi connectivity index (χ1n) is 7.52. The smallest absolute Gasteiger partial charge is 0.155 e. The van der Waals surface area contributed by atoms with Gasteiger partial charge in [0.25, 0.3) is 0 Å². The normalized spacial score (nSPS) is 10.9. The number of rotatable bonds is 4. The van der Waals surface area contributed by atoms with E-state index in [1.807, 2.05) is 67.6 Å². The molecule has 0 radical (unpaired) electrons. The van der Waals surface area contributed by atoms with Crippen LogP contribution in [0.4, 0.5) is 0 Å². The molecule has 0 spiro atoms. The van der Waals surface area contributed by atoms with Crippen molar-refractivity contribution >= 4 is 38.2 Å². The van der Waals surface area contributed by atoms with Crippen LogP contribution in [0.5, 0.6) is 0 Å². The zero-order valence-corrected chi connectivity index (χ0v) is 15.1. The molecule has 5 heteroatoms. The summed E-state index contributed by atoms with van der Waals surface area (Å²) in [6.45, 7) is 2.04. The minimum absolute atomic E-state index is 0.0783. The van der Waals surface area contributed by atoms with Gasteiger partial charge in [0.05, 0.1) is 10.2 Å². The molecule has 0 atom stereocenters. The molecular formula is C20H13N3S2. The lowest BCUT2D eigenvalue weighted by atomic mass is 10.1. The molecule has 120 valence electrons. The number of nitriles is 2. The van der Waals surface area contributed by atoms with Crippen molar-refractivity contribution in [3.05, 3.63) is 77.4 Å². The van der Waals surface area contributed by atoms with Crippen LogP contribution in [0, 0.1) is 29.6 Å². The molecular weight excluding hydrogens is 346 g/mol. The van der Waals surface area contributed by atoms with Gasteiger partial charge >= 0.3 is 0 Å². The summed E-state index contributed by atoms with van der Waals surface area (Å²) in [5.41, 5.74) is 3.26. The summed E-state index contributed by atoms with van der Waals surface area (Å²) in [4.78, 5) is 5.60. The van der Waals surface area contributed by atoms with Gasteiger partial charge in [0.2, 0.25) is 0 Å². The molecule has 0 N–H and O–H groups in total. The maximum atomic E-state index is 8.94. The van der Waals surface area contributed by atoms with E-state index in [4.69, 9.17) is 10.5 Å². The highest BCUT2D eigenvalue weighted by atomic mass is 32.2. The number of allylic oxidation sites excluding steroid dienone is 3.